The second-order valence-corrected chi connectivity index (χ2v) is 4.64. The van der Waals surface area contributed by atoms with Gasteiger partial charge in [-0.3, -0.25) is 4.79 Å². The van der Waals surface area contributed by atoms with E-state index in [4.69, 9.17) is 14.6 Å². The number of carboxylic acids is 1. The normalized spacial score (nSPS) is 10.6. The van der Waals surface area contributed by atoms with E-state index in [2.05, 4.69) is 0 Å². The molecule has 0 fully saturated rings. The number of carbonyl (C=O) groups is 2. The highest BCUT2D eigenvalue weighted by atomic mass is 16.5. The van der Waals surface area contributed by atoms with Crippen LogP contribution in [-0.2, 0) is 14.3 Å². The molecule has 0 bridgehead atoms. The monoisotopic (exact) mass is 308 g/mol. The summed E-state index contributed by atoms with van der Waals surface area (Å²) in [6.45, 7) is 0.266. The summed E-state index contributed by atoms with van der Waals surface area (Å²) in [6.07, 6.45) is 4.92. The van der Waals surface area contributed by atoms with Crippen LogP contribution >= 0.6 is 0 Å². The Kier molecular flexibility index (Phi) is 7.53. The number of phenolic OH excluding ortho intramolecular Hbond substituents is 1. The molecule has 0 unspecified atom stereocenters. The van der Waals surface area contributed by atoms with Crippen molar-refractivity contribution in [3.63, 3.8) is 0 Å². The maximum Gasteiger partial charge on any atom is 0.330 e. The van der Waals surface area contributed by atoms with Crippen LogP contribution in [0, 0.1) is 0 Å². The molecular weight excluding hydrogens is 288 g/mol. The standard InChI is InChI=1S/C16H20O6/c1-21-14-11-12(6-8-13(14)17)7-9-16(20)22-10-4-2-3-5-15(18)19/h6-9,11,17H,2-5,10H2,1H3,(H,18,19)/b9-7+. The molecule has 0 saturated carbocycles. The lowest BCUT2D eigenvalue weighted by Gasteiger charge is -2.04. The Bertz CT molecular complexity index is 535. The number of unbranched alkanes of at least 4 members (excludes halogenated alkanes) is 2. The molecule has 0 aromatic heterocycles. The van der Waals surface area contributed by atoms with Crippen molar-refractivity contribution >= 4 is 18.0 Å². The van der Waals surface area contributed by atoms with Crippen molar-refractivity contribution < 1.29 is 29.3 Å². The van der Waals surface area contributed by atoms with Crippen molar-refractivity contribution in [2.45, 2.75) is 25.7 Å². The van der Waals surface area contributed by atoms with Gasteiger partial charge in [0.2, 0.25) is 0 Å². The topological polar surface area (TPSA) is 93.1 Å². The molecular formula is C16H20O6. The summed E-state index contributed by atoms with van der Waals surface area (Å²) in [6, 6.07) is 4.73. The highest BCUT2D eigenvalue weighted by Gasteiger charge is 2.02. The van der Waals surface area contributed by atoms with Crippen molar-refractivity contribution in [2.24, 2.45) is 0 Å². The largest absolute Gasteiger partial charge is 0.504 e. The maximum absolute atomic E-state index is 11.5. The summed E-state index contributed by atoms with van der Waals surface area (Å²) in [4.78, 5) is 21.8. The van der Waals surface area contributed by atoms with Gasteiger partial charge in [-0.1, -0.05) is 6.07 Å². The van der Waals surface area contributed by atoms with Gasteiger partial charge in [-0.15, -0.1) is 0 Å². The van der Waals surface area contributed by atoms with Crippen LogP contribution in [0.15, 0.2) is 24.3 Å². The van der Waals surface area contributed by atoms with Gasteiger partial charge in [-0.05, 0) is 43.0 Å². The smallest absolute Gasteiger partial charge is 0.330 e. The number of aliphatic carboxylic acids is 1. The first kappa shape index (κ1) is 17.6. The maximum atomic E-state index is 11.5. The summed E-state index contributed by atoms with van der Waals surface area (Å²) >= 11 is 0. The number of rotatable bonds is 9. The number of ether oxygens (including phenoxy) is 2. The van der Waals surface area contributed by atoms with Crippen molar-refractivity contribution in [3.8, 4) is 11.5 Å². The van der Waals surface area contributed by atoms with Gasteiger partial charge in [-0.2, -0.15) is 0 Å². The van der Waals surface area contributed by atoms with Crippen LogP contribution in [0.5, 0.6) is 11.5 Å². The van der Waals surface area contributed by atoms with E-state index in [0.29, 0.717) is 30.6 Å². The zero-order valence-electron chi connectivity index (χ0n) is 12.4. The van der Waals surface area contributed by atoms with Crippen molar-refractivity contribution in [3.05, 3.63) is 29.8 Å². The first-order valence-corrected chi connectivity index (χ1v) is 6.96. The summed E-state index contributed by atoms with van der Waals surface area (Å²) in [5, 5.41) is 17.9. The molecule has 120 valence electrons. The zero-order valence-corrected chi connectivity index (χ0v) is 12.4. The van der Waals surface area contributed by atoms with Crippen LogP contribution in [0.2, 0.25) is 0 Å². The molecule has 0 radical (unpaired) electrons. The van der Waals surface area contributed by atoms with Crippen molar-refractivity contribution in [2.75, 3.05) is 13.7 Å². The van der Waals surface area contributed by atoms with E-state index in [-0.39, 0.29) is 18.8 Å². The van der Waals surface area contributed by atoms with Gasteiger partial charge in [0.25, 0.3) is 0 Å². The average molecular weight is 308 g/mol. The number of aromatic hydroxyl groups is 1. The summed E-state index contributed by atoms with van der Waals surface area (Å²) in [7, 11) is 1.45. The van der Waals surface area contributed by atoms with Crippen LogP contribution in [0.1, 0.15) is 31.2 Å². The molecule has 2 N–H and O–H groups in total. The lowest BCUT2D eigenvalue weighted by molar-refractivity contribution is -0.139. The van der Waals surface area contributed by atoms with E-state index in [9.17, 15) is 14.7 Å². The minimum Gasteiger partial charge on any atom is -0.504 e. The number of carboxylic acid groups (broad SMARTS) is 1. The van der Waals surface area contributed by atoms with Gasteiger partial charge in [0.15, 0.2) is 11.5 Å². The van der Waals surface area contributed by atoms with E-state index in [0.717, 1.165) is 0 Å². The summed E-state index contributed by atoms with van der Waals surface area (Å²) < 4.78 is 9.97. The SMILES string of the molecule is COc1cc(/C=C/C(=O)OCCCCCC(=O)O)ccc1O. The number of phenols is 1. The molecule has 0 spiro atoms. The fourth-order valence-electron chi connectivity index (χ4n) is 1.74. The number of esters is 1. The van der Waals surface area contributed by atoms with Crippen LogP contribution in [-0.4, -0.2) is 35.9 Å². The van der Waals surface area contributed by atoms with Crippen LogP contribution in [0.4, 0.5) is 0 Å². The molecule has 1 aromatic rings. The van der Waals surface area contributed by atoms with Gasteiger partial charge < -0.3 is 19.7 Å². The average Bonchev–Trinajstić information content (AvgIpc) is 2.49. The Morgan fingerprint density at radius 2 is 2.00 bits per heavy atom. The van der Waals surface area contributed by atoms with Gasteiger partial charge in [0.1, 0.15) is 0 Å². The van der Waals surface area contributed by atoms with E-state index in [1.165, 1.54) is 19.3 Å². The van der Waals surface area contributed by atoms with Gasteiger partial charge in [0, 0.05) is 12.5 Å². The fourth-order valence-corrected chi connectivity index (χ4v) is 1.74. The third-order valence-electron chi connectivity index (χ3n) is 2.89. The quantitative estimate of drug-likeness (QED) is 0.414. The molecule has 22 heavy (non-hydrogen) atoms. The third-order valence-corrected chi connectivity index (χ3v) is 2.89. The van der Waals surface area contributed by atoms with Gasteiger partial charge in [0.05, 0.1) is 13.7 Å². The Hall–Kier alpha value is -2.50. The van der Waals surface area contributed by atoms with Crippen molar-refractivity contribution in [1.82, 2.24) is 0 Å². The Balaban J connectivity index is 2.31. The fraction of sp³-hybridized carbons (Fsp3) is 0.375. The molecule has 0 saturated heterocycles. The van der Waals surface area contributed by atoms with E-state index < -0.39 is 11.9 Å². The number of carbonyl (C=O) groups excluding carboxylic acids is 1. The second kappa shape index (κ2) is 9.44. The number of methoxy groups -OCH3 is 1. The van der Waals surface area contributed by atoms with E-state index in [1.807, 2.05) is 0 Å². The minimum atomic E-state index is -0.816. The first-order valence-electron chi connectivity index (χ1n) is 6.96. The molecule has 0 aliphatic heterocycles. The molecule has 0 aliphatic rings. The number of hydrogen-bond acceptors (Lipinski definition) is 5. The van der Waals surface area contributed by atoms with Gasteiger partial charge in [-0.25, -0.2) is 4.79 Å². The molecule has 0 atom stereocenters. The minimum absolute atomic E-state index is 0.0311. The summed E-state index contributed by atoms with van der Waals surface area (Å²) in [5.74, 6) is -0.924. The molecule has 1 rings (SSSR count). The van der Waals surface area contributed by atoms with Crippen LogP contribution < -0.4 is 4.74 Å². The second-order valence-electron chi connectivity index (χ2n) is 4.64. The van der Waals surface area contributed by atoms with Crippen molar-refractivity contribution in [1.29, 1.82) is 0 Å². The van der Waals surface area contributed by atoms with Crippen LogP contribution in [0.25, 0.3) is 6.08 Å². The van der Waals surface area contributed by atoms with E-state index in [1.54, 1.807) is 18.2 Å². The number of benzene rings is 1. The third kappa shape index (κ3) is 6.78. The lowest BCUT2D eigenvalue weighted by atomic mass is 10.2. The molecule has 0 heterocycles. The number of hydrogen-bond donors (Lipinski definition) is 2. The molecule has 0 amide bonds. The van der Waals surface area contributed by atoms with Crippen LogP contribution in [0.3, 0.4) is 0 Å². The molecule has 6 nitrogen and oxygen atoms in total. The van der Waals surface area contributed by atoms with Gasteiger partial charge >= 0.3 is 11.9 Å². The summed E-state index contributed by atoms with van der Waals surface area (Å²) in [5.41, 5.74) is 0.702. The predicted octanol–water partition coefficient (Wildman–Crippen LogP) is 2.60. The molecule has 1 aromatic carbocycles. The predicted molar refractivity (Wildman–Crippen MR) is 80.8 cm³/mol. The highest BCUT2D eigenvalue weighted by molar-refractivity contribution is 5.87. The molecule has 0 aliphatic carbocycles. The Morgan fingerprint density at radius 1 is 1.23 bits per heavy atom. The lowest BCUT2D eigenvalue weighted by Crippen LogP contribution is -2.02. The zero-order chi connectivity index (χ0) is 16.4. The molecule has 6 heteroatoms. The Morgan fingerprint density at radius 3 is 2.68 bits per heavy atom. The van der Waals surface area contributed by atoms with E-state index >= 15 is 0 Å². The first-order chi connectivity index (χ1) is 10.5. The Labute approximate surface area is 129 Å². The highest BCUT2D eigenvalue weighted by Crippen LogP contribution is 2.26.